The number of benzene rings is 2. The SMILES string of the molecule is CNCc1cc(NC(=O)c2cccc(-c3c(C(=N)N(C)C=N)cnn3C)c2)c(O)c(C(F)(F)F)c1. The predicted molar refractivity (Wildman–Crippen MR) is 126 cm³/mol. The van der Waals surface area contributed by atoms with Crippen LogP contribution >= 0.6 is 0 Å². The van der Waals surface area contributed by atoms with Gasteiger partial charge in [-0.1, -0.05) is 12.1 Å². The second kappa shape index (κ2) is 9.97. The van der Waals surface area contributed by atoms with E-state index in [0.717, 1.165) is 12.4 Å². The first kappa shape index (κ1) is 25.4. The van der Waals surface area contributed by atoms with E-state index < -0.39 is 23.4 Å². The molecular weight excluding hydrogens is 463 g/mol. The van der Waals surface area contributed by atoms with E-state index in [1.165, 1.54) is 34.0 Å². The van der Waals surface area contributed by atoms with E-state index >= 15 is 0 Å². The number of aromatic hydroxyl groups is 1. The molecule has 0 saturated heterocycles. The molecule has 0 unspecified atom stereocenters. The number of aryl methyl sites for hydroxylation is 1. The lowest BCUT2D eigenvalue weighted by Crippen LogP contribution is -2.25. The first-order chi connectivity index (χ1) is 16.5. The van der Waals surface area contributed by atoms with E-state index in [4.69, 9.17) is 10.8 Å². The number of rotatable bonds is 7. The minimum Gasteiger partial charge on any atom is -0.505 e. The summed E-state index contributed by atoms with van der Waals surface area (Å²) in [6.45, 7) is 0.0983. The van der Waals surface area contributed by atoms with Crippen molar-refractivity contribution in [3.05, 3.63) is 64.8 Å². The molecule has 0 atom stereocenters. The molecule has 0 aliphatic heterocycles. The monoisotopic (exact) mass is 487 g/mol. The molecule has 2 aromatic carbocycles. The standard InChI is InChI=1S/C23H24F3N7O2/c1-29-10-13-7-17(23(24,25)26)20(34)18(8-13)31-22(35)15-6-4-5-14(9-15)19-16(11-30-33(19)3)21(28)32(2)12-27/h4-9,11-12,27-29,34H,10H2,1-3H3,(H,31,35). The van der Waals surface area contributed by atoms with Crippen molar-refractivity contribution in [3.8, 4) is 17.0 Å². The van der Waals surface area contributed by atoms with Gasteiger partial charge in [0, 0.05) is 31.8 Å². The Hall–Kier alpha value is -4.19. The zero-order valence-electron chi connectivity index (χ0n) is 19.2. The first-order valence-electron chi connectivity index (χ1n) is 10.3. The molecule has 1 aromatic heterocycles. The highest BCUT2D eigenvalue weighted by molar-refractivity contribution is 6.08. The Bertz CT molecular complexity index is 1280. The molecule has 0 saturated carbocycles. The molecule has 12 heteroatoms. The van der Waals surface area contributed by atoms with Crippen LogP contribution in [0.5, 0.6) is 5.75 Å². The van der Waals surface area contributed by atoms with Crippen LogP contribution in [0.4, 0.5) is 18.9 Å². The lowest BCUT2D eigenvalue weighted by molar-refractivity contribution is -0.138. The number of amides is 1. The summed E-state index contributed by atoms with van der Waals surface area (Å²) in [7, 11) is 4.77. The summed E-state index contributed by atoms with van der Waals surface area (Å²) in [6.07, 6.45) is -2.36. The molecule has 1 heterocycles. The van der Waals surface area contributed by atoms with Crippen molar-refractivity contribution in [2.45, 2.75) is 12.7 Å². The molecule has 184 valence electrons. The molecule has 0 aliphatic carbocycles. The highest BCUT2D eigenvalue weighted by Gasteiger charge is 2.35. The molecule has 1 amide bonds. The normalized spacial score (nSPS) is 11.3. The number of carbonyl (C=O) groups excluding carboxylic acids is 1. The quantitative estimate of drug-likeness (QED) is 0.197. The van der Waals surface area contributed by atoms with E-state index in [1.807, 2.05) is 0 Å². The highest BCUT2D eigenvalue weighted by Crippen LogP contribution is 2.41. The van der Waals surface area contributed by atoms with Crippen molar-refractivity contribution in [2.24, 2.45) is 7.05 Å². The van der Waals surface area contributed by atoms with E-state index in [2.05, 4.69) is 15.7 Å². The number of amidine groups is 1. The van der Waals surface area contributed by atoms with Crippen molar-refractivity contribution in [1.82, 2.24) is 20.0 Å². The Morgan fingerprint density at radius 1 is 1.29 bits per heavy atom. The van der Waals surface area contributed by atoms with Crippen LogP contribution in [0.2, 0.25) is 0 Å². The molecule has 3 aromatic rings. The molecule has 0 spiro atoms. The van der Waals surface area contributed by atoms with Crippen molar-refractivity contribution < 1.29 is 23.1 Å². The van der Waals surface area contributed by atoms with Crippen LogP contribution in [-0.2, 0) is 19.8 Å². The van der Waals surface area contributed by atoms with Gasteiger partial charge in [0.25, 0.3) is 5.91 Å². The number of nitrogens with zero attached hydrogens (tertiary/aromatic N) is 3. The minimum atomic E-state index is -4.81. The van der Waals surface area contributed by atoms with Gasteiger partial charge in [-0.2, -0.15) is 18.3 Å². The summed E-state index contributed by atoms with van der Waals surface area (Å²) in [5, 5.41) is 35.2. The number of alkyl halides is 3. The van der Waals surface area contributed by atoms with Crippen LogP contribution in [0.3, 0.4) is 0 Å². The van der Waals surface area contributed by atoms with Gasteiger partial charge in [0.1, 0.15) is 5.84 Å². The maximum absolute atomic E-state index is 13.4. The molecule has 0 aliphatic rings. The number of hydrogen-bond donors (Lipinski definition) is 5. The number of hydrogen-bond acceptors (Lipinski definition) is 6. The average Bonchev–Trinajstić information content (AvgIpc) is 3.20. The fourth-order valence-electron chi connectivity index (χ4n) is 3.52. The third-order valence-electron chi connectivity index (χ3n) is 5.24. The average molecular weight is 487 g/mol. The van der Waals surface area contributed by atoms with Gasteiger partial charge in [0.2, 0.25) is 0 Å². The summed E-state index contributed by atoms with van der Waals surface area (Å²) < 4.78 is 41.7. The van der Waals surface area contributed by atoms with E-state index in [-0.39, 0.29) is 29.2 Å². The van der Waals surface area contributed by atoms with Crippen LogP contribution < -0.4 is 10.6 Å². The van der Waals surface area contributed by atoms with Gasteiger partial charge in [-0.05, 0) is 36.9 Å². The van der Waals surface area contributed by atoms with Crippen LogP contribution in [0.1, 0.15) is 27.0 Å². The van der Waals surface area contributed by atoms with Crippen LogP contribution in [-0.4, -0.2) is 52.0 Å². The zero-order valence-corrected chi connectivity index (χ0v) is 19.2. The number of halogens is 3. The van der Waals surface area contributed by atoms with Gasteiger partial charge in [0.15, 0.2) is 5.75 Å². The summed E-state index contributed by atoms with van der Waals surface area (Å²) >= 11 is 0. The second-order valence-corrected chi connectivity index (χ2v) is 7.72. The van der Waals surface area contributed by atoms with Gasteiger partial charge in [0.05, 0.1) is 35.0 Å². The van der Waals surface area contributed by atoms with Crippen molar-refractivity contribution in [3.63, 3.8) is 0 Å². The van der Waals surface area contributed by atoms with Gasteiger partial charge in [-0.15, -0.1) is 0 Å². The third-order valence-corrected chi connectivity index (χ3v) is 5.24. The Kier molecular flexibility index (Phi) is 7.25. The van der Waals surface area contributed by atoms with Gasteiger partial charge in [-0.3, -0.25) is 20.3 Å². The summed E-state index contributed by atoms with van der Waals surface area (Å²) in [4.78, 5) is 14.2. The molecule has 0 radical (unpaired) electrons. The maximum Gasteiger partial charge on any atom is 0.420 e. The highest BCUT2D eigenvalue weighted by atomic mass is 19.4. The predicted octanol–water partition coefficient (Wildman–Crippen LogP) is 3.65. The van der Waals surface area contributed by atoms with E-state index in [1.54, 1.807) is 33.3 Å². The van der Waals surface area contributed by atoms with Crippen LogP contribution in [0, 0.1) is 10.8 Å². The third kappa shape index (κ3) is 5.32. The summed E-state index contributed by atoms with van der Waals surface area (Å²) in [5.74, 6) is -1.78. The van der Waals surface area contributed by atoms with Gasteiger partial charge >= 0.3 is 6.18 Å². The van der Waals surface area contributed by atoms with Crippen molar-refractivity contribution >= 4 is 23.8 Å². The molecule has 5 N–H and O–H groups in total. The number of nitrogens with one attached hydrogen (secondary N) is 4. The van der Waals surface area contributed by atoms with E-state index in [0.29, 0.717) is 16.8 Å². The topological polar surface area (TPSA) is 130 Å². The number of aromatic nitrogens is 2. The van der Waals surface area contributed by atoms with E-state index in [9.17, 15) is 23.1 Å². The summed E-state index contributed by atoms with van der Waals surface area (Å²) in [6, 6.07) is 8.36. The second-order valence-electron chi connectivity index (χ2n) is 7.72. The largest absolute Gasteiger partial charge is 0.505 e. The Balaban J connectivity index is 1.99. The Morgan fingerprint density at radius 3 is 2.63 bits per heavy atom. The summed E-state index contributed by atoms with van der Waals surface area (Å²) in [5.41, 5.74) is 0.196. The lowest BCUT2D eigenvalue weighted by Gasteiger charge is -2.16. The fourth-order valence-corrected chi connectivity index (χ4v) is 3.52. The van der Waals surface area contributed by atoms with Gasteiger partial charge in [-0.25, -0.2) is 0 Å². The van der Waals surface area contributed by atoms with Crippen molar-refractivity contribution in [2.75, 3.05) is 19.4 Å². The number of phenolic OH excluding ortho intramolecular Hbond substituents is 1. The molecule has 0 bridgehead atoms. The smallest absolute Gasteiger partial charge is 0.420 e. The number of phenols is 1. The molecule has 3 rings (SSSR count). The number of carbonyl (C=O) groups is 1. The number of anilines is 1. The minimum absolute atomic E-state index is 0.0175. The van der Waals surface area contributed by atoms with Crippen molar-refractivity contribution in [1.29, 1.82) is 10.8 Å². The first-order valence-corrected chi connectivity index (χ1v) is 10.3. The van der Waals surface area contributed by atoms with Gasteiger partial charge < -0.3 is 20.6 Å². The molecule has 0 fully saturated rings. The lowest BCUT2D eigenvalue weighted by atomic mass is 10.0. The molecule has 35 heavy (non-hydrogen) atoms. The van der Waals surface area contributed by atoms with Crippen LogP contribution in [0.25, 0.3) is 11.3 Å². The Morgan fingerprint density at radius 2 is 2.00 bits per heavy atom. The molecular formula is C23H24F3N7O2. The fraction of sp³-hybridized carbons (Fsp3) is 0.217. The maximum atomic E-state index is 13.4. The zero-order chi connectivity index (χ0) is 25.9. The Labute approximate surface area is 199 Å². The van der Waals surface area contributed by atoms with Crippen LogP contribution in [0.15, 0.2) is 42.6 Å². The molecule has 9 nitrogen and oxygen atoms in total.